The maximum Gasteiger partial charge on any atom is 0.155 e. The molecule has 0 bridgehead atoms. The minimum Gasteiger partial charge on any atom is -0.327 e. The third-order valence-corrected chi connectivity index (χ3v) is 4.53. The van der Waals surface area contributed by atoms with Crippen LogP contribution < -0.4 is 5.73 Å². The lowest BCUT2D eigenvalue weighted by Gasteiger charge is -2.11. The quantitative estimate of drug-likeness (QED) is 0.875. The van der Waals surface area contributed by atoms with E-state index in [1.807, 2.05) is 19.9 Å². The molecule has 1 atom stereocenters. The summed E-state index contributed by atoms with van der Waals surface area (Å²) in [6.07, 6.45) is 0.644. The van der Waals surface area contributed by atoms with Gasteiger partial charge in [-0.2, -0.15) is 5.26 Å². The Labute approximate surface area is 108 Å². The van der Waals surface area contributed by atoms with Gasteiger partial charge in [-0.25, -0.2) is 8.42 Å². The first-order valence-electron chi connectivity index (χ1n) is 5.83. The molecular formula is C13H18N2O2S. The average molecular weight is 266 g/mol. The SMILES string of the molecule is CCC(N)CS(=O)(=O)Cc1ccc(C#N)cc1C. The molecule has 1 unspecified atom stereocenters. The van der Waals surface area contributed by atoms with E-state index in [0.717, 1.165) is 11.1 Å². The minimum atomic E-state index is -3.20. The molecule has 0 saturated heterocycles. The van der Waals surface area contributed by atoms with Gasteiger partial charge < -0.3 is 5.73 Å². The van der Waals surface area contributed by atoms with Crippen molar-refractivity contribution >= 4 is 9.84 Å². The van der Waals surface area contributed by atoms with Crippen LogP contribution in [0, 0.1) is 18.3 Å². The molecule has 2 N–H and O–H groups in total. The van der Waals surface area contributed by atoms with Crippen LogP contribution in [-0.4, -0.2) is 20.2 Å². The molecule has 4 nitrogen and oxygen atoms in total. The average Bonchev–Trinajstić information content (AvgIpc) is 2.30. The Morgan fingerprint density at radius 2 is 2.11 bits per heavy atom. The number of aryl methyl sites for hydroxylation is 1. The van der Waals surface area contributed by atoms with Gasteiger partial charge in [0.2, 0.25) is 0 Å². The van der Waals surface area contributed by atoms with Gasteiger partial charge in [-0.05, 0) is 36.6 Å². The normalized spacial score (nSPS) is 13.0. The smallest absolute Gasteiger partial charge is 0.155 e. The second-order valence-corrected chi connectivity index (χ2v) is 6.59. The fourth-order valence-corrected chi connectivity index (χ4v) is 3.47. The van der Waals surface area contributed by atoms with Crippen molar-refractivity contribution in [3.05, 3.63) is 34.9 Å². The van der Waals surface area contributed by atoms with E-state index in [1.165, 1.54) is 0 Å². The van der Waals surface area contributed by atoms with Crippen LogP contribution in [0.5, 0.6) is 0 Å². The summed E-state index contributed by atoms with van der Waals surface area (Å²) in [5.74, 6) is -0.0127. The predicted octanol–water partition coefficient (Wildman–Crippen LogP) is 1.52. The Kier molecular flexibility index (Phi) is 4.88. The third kappa shape index (κ3) is 4.13. The van der Waals surface area contributed by atoms with E-state index < -0.39 is 9.84 Å². The molecule has 18 heavy (non-hydrogen) atoms. The minimum absolute atomic E-state index is 0.00292. The summed E-state index contributed by atoms with van der Waals surface area (Å²) in [5, 5.41) is 8.75. The molecule has 0 amide bonds. The summed E-state index contributed by atoms with van der Waals surface area (Å²) in [5.41, 5.74) is 7.77. The molecule has 1 rings (SSSR count). The maximum absolute atomic E-state index is 11.9. The zero-order valence-electron chi connectivity index (χ0n) is 10.7. The van der Waals surface area contributed by atoms with E-state index in [1.54, 1.807) is 18.2 Å². The Bertz CT molecular complexity index is 559. The summed E-state index contributed by atoms with van der Waals surface area (Å²) >= 11 is 0. The first kappa shape index (κ1) is 14.7. The van der Waals surface area contributed by atoms with Crippen LogP contribution >= 0.6 is 0 Å². The van der Waals surface area contributed by atoms with Crippen molar-refractivity contribution < 1.29 is 8.42 Å². The van der Waals surface area contributed by atoms with Crippen LogP contribution in [0.2, 0.25) is 0 Å². The molecule has 0 fully saturated rings. The van der Waals surface area contributed by atoms with Crippen LogP contribution in [0.4, 0.5) is 0 Å². The molecule has 0 spiro atoms. The van der Waals surface area contributed by atoms with Crippen molar-refractivity contribution in [2.24, 2.45) is 5.73 Å². The van der Waals surface area contributed by atoms with Gasteiger partial charge in [0.25, 0.3) is 0 Å². The number of benzene rings is 1. The standard InChI is InChI=1S/C13H18N2O2S/c1-3-13(15)9-18(16,17)8-12-5-4-11(7-14)6-10(12)2/h4-6,13H,3,8-9,15H2,1-2H3. The molecule has 98 valence electrons. The fraction of sp³-hybridized carbons (Fsp3) is 0.462. The van der Waals surface area contributed by atoms with Gasteiger partial charge in [0.15, 0.2) is 9.84 Å². The van der Waals surface area contributed by atoms with Crippen molar-refractivity contribution in [1.29, 1.82) is 5.26 Å². The molecule has 1 aromatic carbocycles. The van der Waals surface area contributed by atoms with Gasteiger partial charge in [0.05, 0.1) is 23.1 Å². The lowest BCUT2D eigenvalue weighted by molar-refractivity contribution is 0.583. The highest BCUT2D eigenvalue weighted by Crippen LogP contribution is 2.15. The van der Waals surface area contributed by atoms with Gasteiger partial charge in [-0.15, -0.1) is 0 Å². The molecular weight excluding hydrogens is 248 g/mol. The molecule has 0 heterocycles. The van der Waals surface area contributed by atoms with Crippen molar-refractivity contribution in [2.45, 2.75) is 32.1 Å². The third-order valence-electron chi connectivity index (χ3n) is 2.84. The van der Waals surface area contributed by atoms with Gasteiger partial charge in [-0.1, -0.05) is 13.0 Å². The Balaban J connectivity index is 2.88. The Morgan fingerprint density at radius 3 is 2.61 bits per heavy atom. The molecule has 0 aliphatic rings. The Hall–Kier alpha value is -1.38. The molecule has 1 aromatic rings. The van der Waals surface area contributed by atoms with E-state index in [0.29, 0.717) is 12.0 Å². The predicted molar refractivity (Wildman–Crippen MR) is 71.7 cm³/mol. The highest BCUT2D eigenvalue weighted by Gasteiger charge is 2.17. The molecule has 5 heteroatoms. The first-order valence-corrected chi connectivity index (χ1v) is 7.65. The van der Waals surface area contributed by atoms with Crippen molar-refractivity contribution in [2.75, 3.05) is 5.75 Å². The van der Waals surface area contributed by atoms with Gasteiger partial charge in [-0.3, -0.25) is 0 Å². The zero-order chi connectivity index (χ0) is 13.8. The van der Waals surface area contributed by atoms with Crippen molar-refractivity contribution in [1.82, 2.24) is 0 Å². The molecule has 0 aliphatic carbocycles. The largest absolute Gasteiger partial charge is 0.327 e. The van der Waals surface area contributed by atoms with Crippen LogP contribution in [0.15, 0.2) is 18.2 Å². The number of nitriles is 1. The number of hydrogen-bond donors (Lipinski definition) is 1. The topological polar surface area (TPSA) is 84.0 Å². The fourth-order valence-electron chi connectivity index (χ4n) is 1.67. The van der Waals surface area contributed by atoms with Crippen LogP contribution in [0.3, 0.4) is 0 Å². The van der Waals surface area contributed by atoms with E-state index in [4.69, 9.17) is 11.0 Å². The summed E-state index contributed by atoms with van der Waals surface area (Å²) in [7, 11) is -3.20. The number of sulfone groups is 1. The monoisotopic (exact) mass is 266 g/mol. The number of nitrogens with two attached hydrogens (primary N) is 1. The van der Waals surface area contributed by atoms with Crippen molar-refractivity contribution in [3.8, 4) is 6.07 Å². The highest BCUT2D eigenvalue weighted by atomic mass is 32.2. The lowest BCUT2D eigenvalue weighted by atomic mass is 10.1. The van der Waals surface area contributed by atoms with Crippen LogP contribution in [0.25, 0.3) is 0 Å². The number of hydrogen-bond acceptors (Lipinski definition) is 4. The van der Waals surface area contributed by atoms with Crippen LogP contribution in [-0.2, 0) is 15.6 Å². The highest BCUT2D eigenvalue weighted by molar-refractivity contribution is 7.90. The molecule has 0 aliphatic heterocycles. The molecule has 0 aromatic heterocycles. The van der Waals surface area contributed by atoms with Gasteiger partial charge in [0, 0.05) is 6.04 Å². The molecule has 0 saturated carbocycles. The second kappa shape index (κ2) is 5.98. The number of nitrogens with zero attached hydrogens (tertiary/aromatic N) is 1. The number of rotatable bonds is 5. The van der Waals surface area contributed by atoms with Gasteiger partial charge >= 0.3 is 0 Å². The Morgan fingerprint density at radius 1 is 1.44 bits per heavy atom. The van der Waals surface area contributed by atoms with Crippen molar-refractivity contribution in [3.63, 3.8) is 0 Å². The van der Waals surface area contributed by atoms with E-state index >= 15 is 0 Å². The summed E-state index contributed by atoms with van der Waals surface area (Å²) in [6.45, 7) is 3.68. The maximum atomic E-state index is 11.9. The summed E-state index contributed by atoms with van der Waals surface area (Å²) in [4.78, 5) is 0. The van der Waals surface area contributed by atoms with E-state index in [2.05, 4.69) is 0 Å². The summed E-state index contributed by atoms with van der Waals surface area (Å²) < 4.78 is 23.9. The van der Waals surface area contributed by atoms with E-state index in [9.17, 15) is 8.42 Å². The van der Waals surface area contributed by atoms with Gasteiger partial charge in [0.1, 0.15) is 0 Å². The van der Waals surface area contributed by atoms with E-state index in [-0.39, 0.29) is 17.5 Å². The first-order chi connectivity index (χ1) is 8.38. The summed E-state index contributed by atoms with van der Waals surface area (Å²) in [6, 6.07) is 6.75. The second-order valence-electron chi connectivity index (χ2n) is 4.48. The molecule has 0 radical (unpaired) electrons. The van der Waals surface area contributed by atoms with Crippen LogP contribution in [0.1, 0.15) is 30.0 Å². The lowest BCUT2D eigenvalue weighted by Crippen LogP contribution is -2.29. The zero-order valence-corrected chi connectivity index (χ0v) is 11.5.